The molecular formula is C23H33FN6O4. The number of rotatable bonds is 15. The lowest BCUT2D eigenvalue weighted by Crippen LogP contribution is -2.39. The summed E-state index contributed by atoms with van der Waals surface area (Å²) in [7, 11) is 1.60. The Morgan fingerprint density at radius 3 is 2.71 bits per heavy atom. The van der Waals surface area contributed by atoms with Crippen molar-refractivity contribution < 1.29 is 23.5 Å². The summed E-state index contributed by atoms with van der Waals surface area (Å²) in [5, 5.41) is 7.03. The number of benzene rings is 1. The molecule has 0 spiro atoms. The third kappa shape index (κ3) is 7.01. The molecule has 0 bridgehead atoms. The fourth-order valence-electron chi connectivity index (χ4n) is 3.45. The molecule has 2 aromatic rings. The fourth-order valence-corrected chi connectivity index (χ4v) is 3.45. The minimum absolute atomic E-state index is 0.00611. The van der Waals surface area contributed by atoms with E-state index in [0.29, 0.717) is 49.0 Å². The third-order valence-electron chi connectivity index (χ3n) is 4.93. The predicted octanol–water partition coefficient (Wildman–Crippen LogP) is 2.61. The number of aromatic nitrogens is 2. The molecule has 3 N–H and O–H groups in total. The number of nitrogens with one attached hydrogen (secondary N) is 1. The lowest BCUT2D eigenvalue weighted by atomic mass is 10.1. The van der Waals surface area contributed by atoms with Crippen LogP contribution in [0.3, 0.4) is 0 Å². The molecule has 0 radical (unpaired) electrons. The molecular weight excluding hydrogens is 443 g/mol. The maximum absolute atomic E-state index is 12.9. The van der Waals surface area contributed by atoms with Gasteiger partial charge in [0.25, 0.3) is 5.91 Å². The number of primary amides is 1. The molecule has 0 aliphatic carbocycles. The number of aryl methyl sites for hydroxylation is 2. The molecule has 2 amide bonds. The van der Waals surface area contributed by atoms with Crippen molar-refractivity contribution in [3.63, 3.8) is 0 Å². The Bertz CT molecular complexity index is 994. The largest absolute Gasteiger partial charge is 0.491 e. The lowest BCUT2D eigenvalue weighted by Gasteiger charge is -2.28. The maximum Gasteiger partial charge on any atom is 0.270 e. The molecule has 0 saturated heterocycles. The van der Waals surface area contributed by atoms with Crippen molar-refractivity contribution in [2.45, 2.75) is 33.2 Å². The van der Waals surface area contributed by atoms with E-state index in [1.165, 1.54) is 10.7 Å². The molecule has 34 heavy (non-hydrogen) atoms. The highest BCUT2D eigenvalue weighted by atomic mass is 19.1. The number of anilines is 1. The van der Waals surface area contributed by atoms with Gasteiger partial charge >= 0.3 is 0 Å². The first-order valence-electron chi connectivity index (χ1n) is 11.1. The first kappa shape index (κ1) is 26.8. The van der Waals surface area contributed by atoms with Gasteiger partial charge < -0.3 is 25.4 Å². The fraction of sp³-hybridized carbons (Fsp3) is 0.478. The van der Waals surface area contributed by atoms with Gasteiger partial charge in [0.15, 0.2) is 0 Å². The minimum atomic E-state index is -0.631. The molecule has 1 aromatic carbocycles. The van der Waals surface area contributed by atoms with E-state index < -0.39 is 12.6 Å². The number of nitrogens with two attached hydrogens (primary N) is 1. The molecule has 0 saturated carbocycles. The Morgan fingerprint density at radius 2 is 2.09 bits per heavy atom. The van der Waals surface area contributed by atoms with Gasteiger partial charge in [0.2, 0.25) is 5.91 Å². The molecule has 11 heteroatoms. The zero-order chi connectivity index (χ0) is 25.1. The number of hydrogen-bond donors (Lipinski definition) is 2. The normalized spacial score (nSPS) is 10.7. The highest BCUT2D eigenvalue weighted by molar-refractivity contribution is 5.97. The Labute approximate surface area is 198 Å². The van der Waals surface area contributed by atoms with E-state index in [9.17, 15) is 14.0 Å². The van der Waals surface area contributed by atoms with Crippen LogP contribution in [0.25, 0.3) is 0 Å². The second-order valence-corrected chi connectivity index (χ2v) is 7.57. The van der Waals surface area contributed by atoms with E-state index in [-0.39, 0.29) is 30.4 Å². The van der Waals surface area contributed by atoms with Gasteiger partial charge in [-0.1, -0.05) is 6.92 Å². The number of hydrogen-bond acceptors (Lipinski definition) is 7. The molecule has 2 rings (SSSR count). The average molecular weight is 477 g/mol. The Balaban J connectivity index is 2.36. The summed E-state index contributed by atoms with van der Waals surface area (Å²) in [5.41, 5.74) is 7.60. The van der Waals surface area contributed by atoms with Crippen molar-refractivity contribution in [3.05, 3.63) is 35.2 Å². The SMILES string of the molecule is C=Nc1cc(C(N)=O)cc(OCCCOC)c1N(CCC)CNC(=O)c1cc(C)nn1CCF. The van der Waals surface area contributed by atoms with Crippen molar-refractivity contribution in [2.75, 3.05) is 45.1 Å². The quantitative estimate of drug-likeness (QED) is 0.231. The molecule has 1 heterocycles. The summed E-state index contributed by atoms with van der Waals surface area (Å²) in [6, 6.07) is 4.71. The van der Waals surface area contributed by atoms with Gasteiger partial charge in [0, 0.05) is 32.2 Å². The number of amides is 2. The van der Waals surface area contributed by atoms with Crippen LogP contribution in [0.1, 0.15) is 46.3 Å². The number of ether oxygens (including phenoxy) is 2. The average Bonchev–Trinajstić information content (AvgIpc) is 3.19. The zero-order valence-electron chi connectivity index (χ0n) is 20.0. The Kier molecular flexibility index (Phi) is 10.5. The molecule has 0 atom stereocenters. The van der Waals surface area contributed by atoms with Crippen LogP contribution in [0.15, 0.2) is 23.2 Å². The Hall–Kier alpha value is -3.47. The minimum Gasteiger partial charge on any atom is -0.491 e. The molecule has 0 aliphatic rings. The van der Waals surface area contributed by atoms with E-state index >= 15 is 0 Å². The van der Waals surface area contributed by atoms with Crippen molar-refractivity contribution in [2.24, 2.45) is 10.7 Å². The number of carbonyl (C=O) groups excluding carboxylic acids is 2. The number of aliphatic imine (C=N–C) groups is 1. The number of carbonyl (C=O) groups is 2. The van der Waals surface area contributed by atoms with Crippen molar-refractivity contribution in [3.8, 4) is 5.75 Å². The van der Waals surface area contributed by atoms with E-state index in [1.807, 2.05) is 11.8 Å². The maximum atomic E-state index is 12.9. The van der Waals surface area contributed by atoms with Crippen LogP contribution in [-0.2, 0) is 11.3 Å². The Morgan fingerprint density at radius 1 is 1.32 bits per heavy atom. The third-order valence-corrected chi connectivity index (χ3v) is 4.93. The first-order chi connectivity index (χ1) is 16.4. The standard InChI is InChI=1S/C23H33FN6O4/c1-5-8-29(15-27-23(32)19-12-16(2)28-30(19)9-7-24)21-18(26-3)13-17(22(25)31)14-20(21)34-11-6-10-33-4/h12-14H,3,5-11,15H2,1-2,4H3,(H2,25,31)(H,27,32). The van der Waals surface area contributed by atoms with Crippen molar-refractivity contribution in [1.29, 1.82) is 0 Å². The van der Waals surface area contributed by atoms with E-state index in [4.69, 9.17) is 15.2 Å². The number of alkyl halides is 1. The highest BCUT2D eigenvalue weighted by Crippen LogP contribution is 2.39. The van der Waals surface area contributed by atoms with Crippen LogP contribution in [0, 0.1) is 6.92 Å². The topological polar surface area (TPSA) is 124 Å². The predicted molar refractivity (Wildman–Crippen MR) is 129 cm³/mol. The number of nitrogens with zero attached hydrogens (tertiary/aromatic N) is 4. The second-order valence-electron chi connectivity index (χ2n) is 7.57. The van der Waals surface area contributed by atoms with Crippen LogP contribution in [0.4, 0.5) is 15.8 Å². The van der Waals surface area contributed by atoms with Crippen molar-refractivity contribution >= 4 is 29.9 Å². The molecule has 0 fully saturated rings. The molecule has 1 aromatic heterocycles. The van der Waals surface area contributed by atoms with Crippen LogP contribution in [-0.4, -0.2) is 68.5 Å². The van der Waals surface area contributed by atoms with Crippen LogP contribution < -0.4 is 20.7 Å². The summed E-state index contributed by atoms with van der Waals surface area (Å²) < 4.78 is 25.2. The van der Waals surface area contributed by atoms with E-state index in [2.05, 4.69) is 22.1 Å². The molecule has 0 unspecified atom stereocenters. The smallest absolute Gasteiger partial charge is 0.270 e. The van der Waals surface area contributed by atoms with Crippen LogP contribution in [0.5, 0.6) is 5.75 Å². The summed E-state index contributed by atoms with van der Waals surface area (Å²) in [5.74, 6) is -0.611. The summed E-state index contributed by atoms with van der Waals surface area (Å²) in [6.07, 6.45) is 1.39. The summed E-state index contributed by atoms with van der Waals surface area (Å²) in [4.78, 5) is 30.7. The molecule has 10 nitrogen and oxygen atoms in total. The van der Waals surface area contributed by atoms with Crippen molar-refractivity contribution in [1.82, 2.24) is 15.1 Å². The van der Waals surface area contributed by atoms with E-state index in [1.54, 1.807) is 26.2 Å². The van der Waals surface area contributed by atoms with Gasteiger partial charge in [-0.15, -0.1) is 0 Å². The van der Waals surface area contributed by atoms with Gasteiger partial charge in [-0.05, 0) is 38.3 Å². The summed E-state index contributed by atoms with van der Waals surface area (Å²) in [6.45, 7) is 8.23. The lowest BCUT2D eigenvalue weighted by molar-refractivity contribution is 0.0941. The van der Waals surface area contributed by atoms with Crippen LogP contribution >= 0.6 is 0 Å². The molecule has 186 valence electrons. The monoisotopic (exact) mass is 476 g/mol. The van der Waals surface area contributed by atoms with Crippen LogP contribution in [0.2, 0.25) is 0 Å². The highest BCUT2D eigenvalue weighted by Gasteiger charge is 2.21. The first-order valence-corrected chi connectivity index (χ1v) is 11.1. The van der Waals surface area contributed by atoms with Gasteiger partial charge in [-0.3, -0.25) is 19.3 Å². The van der Waals surface area contributed by atoms with Gasteiger partial charge in [0.1, 0.15) is 23.8 Å². The summed E-state index contributed by atoms with van der Waals surface area (Å²) >= 11 is 0. The number of methoxy groups -OCH3 is 1. The number of halogens is 1. The second kappa shape index (κ2) is 13.3. The molecule has 0 aliphatic heterocycles. The van der Waals surface area contributed by atoms with E-state index in [0.717, 1.165) is 6.42 Å². The van der Waals surface area contributed by atoms with Gasteiger partial charge in [0.05, 0.1) is 31.2 Å². The van der Waals surface area contributed by atoms with Gasteiger partial charge in [-0.25, -0.2) is 4.39 Å². The zero-order valence-corrected chi connectivity index (χ0v) is 20.0. The van der Waals surface area contributed by atoms with Gasteiger partial charge in [-0.2, -0.15) is 5.10 Å².